The monoisotopic (exact) mass is 459 g/mol. The fourth-order valence-corrected chi connectivity index (χ4v) is 5.75. The summed E-state index contributed by atoms with van der Waals surface area (Å²) in [5.74, 6) is -1.57. The summed E-state index contributed by atoms with van der Waals surface area (Å²) in [5, 5.41) is 15.8. The summed E-state index contributed by atoms with van der Waals surface area (Å²) in [7, 11) is 1.57. The van der Waals surface area contributed by atoms with Crippen molar-refractivity contribution in [1.82, 2.24) is 10.2 Å². The number of aliphatic hydroxyl groups is 1. The lowest BCUT2D eigenvalue weighted by Crippen LogP contribution is -2.56. The Morgan fingerprint density at radius 2 is 2.00 bits per heavy atom. The highest BCUT2D eigenvalue weighted by molar-refractivity contribution is 6.03. The van der Waals surface area contributed by atoms with E-state index in [4.69, 9.17) is 9.47 Å². The fourth-order valence-electron chi connectivity index (χ4n) is 5.75. The molecule has 3 aliphatic rings. The second-order valence-corrected chi connectivity index (χ2v) is 9.05. The van der Waals surface area contributed by atoms with Crippen molar-refractivity contribution in [2.45, 2.75) is 63.3 Å². The number of methoxy groups -OCH3 is 1. The van der Waals surface area contributed by atoms with Crippen molar-refractivity contribution in [3.63, 3.8) is 0 Å². The van der Waals surface area contributed by atoms with Crippen LogP contribution in [0.2, 0.25) is 0 Å². The van der Waals surface area contributed by atoms with E-state index in [2.05, 4.69) is 10.6 Å². The average molecular weight is 460 g/mol. The molecule has 180 valence electrons. The molecule has 1 aromatic carbocycles. The number of likely N-dealkylation sites (tertiary alicyclic amines) is 1. The second kappa shape index (κ2) is 9.30. The molecule has 1 aromatic rings. The van der Waals surface area contributed by atoms with Crippen molar-refractivity contribution < 1.29 is 29.0 Å². The molecule has 33 heavy (non-hydrogen) atoms. The Bertz CT molecular complexity index is 902. The number of fused-ring (bicyclic) bond motifs is 1. The molecule has 0 aromatic heterocycles. The summed E-state index contributed by atoms with van der Waals surface area (Å²) in [6.07, 6.45) is 2.01. The van der Waals surface area contributed by atoms with Gasteiger partial charge in [-0.2, -0.15) is 0 Å². The van der Waals surface area contributed by atoms with E-state index in [-0.39, 0.29) is 30.4 Å². The molecule has 9 nitrogen and oxygen atoms in total. The number of amides is 3. The van der Waals surface area contributed by atoms with E-state index >= 15 is 0 Å². The largest absolute Gasteiger partial charge is 0.497 e. The Morgan fingerprint density at radius 1 is 1.27 bits per heavy atom. The molecule has 3 fully saturated rings. The van der Waals surface area contributed by atoms with Gasteiger partial charge in [0.15, 0.2) is 0 Å². The molecule has 1 spiro atoms. The van der Waals surface area contributed by atoms with Crippen LogP contribution in [0.3, 0.4) is 0 Å². The number of rotatable bonds is 9. The summed E-state index contributed by atoms with van der Waals surface area (Å²) in [4.78, 5) is 41.8. The highest BCUT2D eigenvalue weighted by Gasteiger charge is 2.74. The molecule has 2 bridgehead atoms. The Balaban J connectivity index is 1.68. The van der Waals surface area contributed by atoms with Crippen LogP contribution in [0, 0.1) is 11.8 Å². The molecule has 0 aliphatic carbocycles. The highest BCUT2D eigenvalue weighted by Crippen LogP contribution is 2.58. The van der Waals surface area contributed by atoms with Gasteiger partial charge in [0.1, 0.15) is 17.4 Å². The van der Waals surface area contributed by atoms with Crippen LogP contribution in [0.4, 0.5) is 5.69 Å². The van der Waals surface area contributed by atoms with Crippen molar-refractivity contribution in [1.29, 1.82) is 0 Å². The minimum atomic E-state index is -1.07. The third kappa shape index (κ3) is 3.77. The first-order chi connectivity index (χ1) is 15.9. The zero-order valence-electron chi connectivity index (χ0n) is 19.4. The van der Waals surface area contributed by atoms with Crippen molar-refractivity contribution in [2.24, 2.45) is 11.8 Å². The molecular formula is C24H33N3O6. The summed E-state index contributed by atoms with van der Waals surface area (Å²) >= 11 is 0. The number of hydrogen-bond donors (Lipinski definition) is 3. The maximum absolute atomic E-state index is 13.7. The van der Waals surface area contributed by atoms with Gasteiger partial charge in [0, 0.05) is 12.2 Å². The van der Waals surface area contributed by atoms with Gasteiger partial charge in [-0.3, -0.25) is 14.4 Å². The van der Waals surface area contributed by atoms with E-state index in [1.54, 1.807) is 31.4 Å². The number of hydrogen-bond acceptors (Lipinski definition) is 6. The van der Waals surface area contributed by atoms with Crippen molar-refractivity contribution in [2.75, 3.05) is 25.6 Å². The average Bonchev–Trinajstić information content (AvgIpc) is 3.46. The standard InChI is InChI=1S/C24H33N3O6/c1-4-12-25-21(29)18-17-10-11-24(33-17)19(18)23(31)27(15(5-2)13-28)20(24)22(30)26-14-6-8-16(32-3)9-7-14/h6-9,15,17-20,28H,4-5,10-13H2,1-3H3,(H,25,29)(H,26,30)/t15-,17-,18+,19-,20?,24?/m0/s1. The Labute approximate surface area is 193 Å². The lowest BCUT2D eigenvalue weighted by Gasteiger charge is -2.36. The van der Waals surface area contributed by atoms with Crippen LogP contribution in [-0.2, 0) is 19.1 Å². The molecule has 0 saturated carbocycles. The molecule has 2 unspecified atom stereocenters. The maximum atomic E-state index is 13.7. The van der Waals surface area contributed by atoms with Gasteiger partial charge in [-0.15, -0.1) is 0 Å². The summed E-state index contributed by atoms with van der Waals surface area (Å²) in [6.45, 7) is 4.08. The van der Waals surface area contributed by atoms with Gasteiger partial charge in [-0.25, -0.2) is 0 Å². The minimum absolute atomic E-state index is 0.199. The molecule has 4 rings (SSSR count). The molecule has 3 N–H and O–H groups in total. The van der Waals surface area contributed by atoms with Crippen LogP contribution >= 0.6 is 0 Å². The lowest BCUT2D eigenvalue weighted by molar-refractivity contribution is -0.144. The van der Waals surface area contributed by atoms with Crippen LogP contribution in [-0.4, -0.2) is 71.8 Å². The number of nitrogens with one attached hydrogen (secondary N) is 2. The molecule has 3 amide bonds. The second-order valence-electron chi connectivity index (χ2n) is 9.05. The number of anilines is 1. The number of benzene rings is 1. The minimum Gasteiger partial charge on any atom is -0.497 e. The van der Waals surface area contributed by atoms with Crippen molar-refractivity contribution >= 4 is 23.4 Å². The number of carbonyl (C=O) groups excluding carboxylic acids is 3. The third-order valence-electron chi connectivity index (χ3n) is 7.27. The number of nitrogens with zero attached hydrogens (tertiary/aromatic N) is 1. The summed E-state index contributed by atoms with van der Waals surface area (Å²) in [6, 6.07) is 5.47. The number of carbonyl (C=O) groups is 3. The number of ether oxygens (including phenoxy) is 2. The maximum Gasteiger partial charge on any atom is 0.250 e. The zero-order chi connectivity index (χ0) is 23.8. The van der Waals surface area contributed by atoms with E-state index in [1.807, 2.05) is 13.8 Å². The first kappa shape index (κ1) is 23.5. The van der Waals surface area contributed by atoms with E-state index < -0.39 is 29.5 Å². The van der Waals surface area contributed by atoms with E-state index in [9.17, 15) is 19.5 Å². The van der Waals surface area contributed by atoms with E-state index in [0.29, 0.717) is 37.2 Å². The van der Waals surface area contributed by atoms with Crippen molar-refractivity contribution in [3.8, 4) is 5.75 Å². The van der Waals surface area contributed by atoms with Crippen LogP contribution in [0.5, 0.6) is 5.75 Å². The Hall–Kier alpha value is -2.65. The topological polar surface area (TPSA) is 117 Å². The quantitative estimate of drug-likeness (QED) is 0.513. The zero-order valence-corrected chi connectivity index (χ0v) is 19.4. The predicted octanol–water partition coefficient (Wildman–Crippen LogP) is 1.31. The molecule has 6 atom stereocenters. The van der Waals surface area contributed by atoms with E-state index in [0.717, 1.165) is 6.42 Å². The first-order valence-electron chi connectivity index (χ1n) is 11.7. The molecule has 0 radical (unpaired) electrons. The summed E-state index contributed by atoms with van der Waals surface area (Å²) in [5.41, 5.74) is -0.510. The number of aliphatic hydroxyl groups excluding tert-OH is 1. The first-order valence-corrected chi connectivity index (χ1v) is 11.7. The SMILES string of the molecule is CCCNC(=O)[C@@H]1[C@@H]2CCC3(O2)C(C(=O)Nc2ccc(OC)cc2)N([C@@H](CC)CO)C(=O)[C@H]13. The van der Waals surface area contributed by atoms with Gasteiger partial charge in [0.2, 0.25) is 17.7 Å². The van der Waals surface area contributed by atoms with Crippen LogP contribution < -0.4 is 15.4 Å². The normalized spacial score (nSPS) is 30.8. The Morgan fingerprint density at radius 3 is 2.61 bits per heavy atom. The summed E-state index contributed by atoms with van der Waals surface area (Å²) < 4.78 is 11.5. The highest BCUT2D eigenvalue weighted by atomic mass is 16.5. The molecule has 3 saturated heterocycles. The predicted molar refractivity (Wildman–Crippen MR) is 121 cm³/mol. The van der Waals surface area contributed by atoms with Crippen LogP contribution in [0.15, 0.2) is 24.3 Å². The molecule has 3 heterocycles. The van der Waals surface area contributed by atoms with E-state index in [1.165, 1.54) is 4.90 Å². The van der Waals surface area contributed by atoms with Gasteiger partial charge < -0.3 is 30.1 Å². The van der Waals surface area contributed by atoms with Gasteiger partial charge in [0.05, 0.1) is 37.7 Å². The van der Waals surface area contributed by atoms with Crippen LogP contribution in [0.25, 0.3) is 0 Å². The van der Waals surface area contributed by atoms with Crippen LogP contribution in [0.1, 0.15) is 39.5 Å². The molecule has 3 aliphatic heterocycles. The van der Waals surface area contributed by atoms with Crippen molar-refractivity contribution in [3.05, 3.63) is 24.3 Å². The lowest BCUT2D eigenvalue weighted by atomic mass is 9.70. The van der Waals surface area contributed by atoms with Gasteiger partial charge in [-0.1, -0.05) is 13.8 Å². The Kier molecular flexibility index (Phi) is 6.63. The van der Waals surface area contributed by atoms with Gasteiger partial charge >= 0.3 is 0 Å². The third-order valence-corrected chi connectivity index (χ3v) is 7.27. The smallest absolute Gasteiger partial charge is 0.250 e. The fraction of sp³-hybridized carbons (Fsp3) is 0.625. The molecular weight excluding hydrogens is 426 g/mol. The molecule has 9 heteroatoms. The van der Waals surface area contributed by atoms with Gasteiger partial charge in [0.25, 0.3) is 0 Å². The van der Waals surface area contributed by atoms with Gasteiger partial charge in [-0.05, 0) is 49.9 Å².